The molecule has 1 aromatic rings. The number of aromatic nitrogens is 1. The van der Waals surface area contributed by atoms with Crippen LogP contribution in [0.3, 0.4) is 0 Å². The molecule has 2 saturated carbocycles. The third kappa shape index (κ3) is 0.921. The summed E-state index contributed by atoms with van der Waals surface area (Å²) in [4.78, 5) is 4.54. The van der Waals surface area contributed by atoms with Crippen LogP contribution in [0.15, 0.2) is 18.3 Å². The van der Waals surface area contributed by atoms with Gasteiger partial charge in [-0.1, -0.05) is 6.07 Å². The highest BCUT2D eigenvalue weighted by Gasteiger charge is 2.65. The van der Waals surface area contributed by atoms with Gasteiger partial charge in [-0.2, -0.15) is 0 Å². The van der Waals surface area contributed by atoms with Crippen molar-refractivity contribution < 1.29 is 0 Å². The zero-order chi connectivity index (χ0) is 9.81. The van der Waals surface area contributed by atoms with E-state index in [1.165, 1.54) is 36.9 Å². The van der Waals surface area contributed by atoms with E-state index in [-0.39, 0.29) is 11.0 Å². The smallest absolute Gasteiger partial charge is 0.0512 e. The van der Waals surface area contributed by atoms with Crippen LogP contribution < -0.4 is 5.73 Å². The summed E-state index contributed by atoms with van der Waals surface area (Å²) in [5.74, 6) is 0. The van der Waals surface area contributed by atoms with E-state index in [4.69, 9.17) is 5.73 Å². The van der Waals surface area contributed by atoms with Gasteiger partial charge in [-0.15, -0.1) is 0 Å². The Labute approximate surface area is 84.5 Å². The predicted octanol–water partition coefficient (Wildman–Crippen LogP) is 1.91. The van der Waals surface area contributed by atoms with Crippen LogP contribution in [0.5, 0.6) is 0 Å². The van der Waals surface area contributed by atoms with Gasteiger partial charge >= 0.3 is 0 Å². The Kier molecular flexibility index (Phi) is 1.43. The molecule has 0 aromatic carbocycles. The molecule has 3 rings (SSSR count). The van der Waals surface area contributed by atoms with Crippen molar-refractivity contribution >= 4 is 0 Å². The highest BCUT2D eigenvalue weighted by molar-refractivity contribution is 5.40. The fraction of sp³-hybridized carbons (Fsp3) is 0.583. The number of hydrogen-bond donors (Lipinski definition) is 1. The molecular formula is C12H16N2. The summed E-state index contributed by atoms with van der Waals surface area (Å²) in [6, 6.07) is 4.15. The van der Waals surface area contributed by atoms with E-state index >= 15 is 0 Å². The molecule has 0 atom stereocenters. The van der Waals surface area contributed by atoms with Gasteiger partial charge in [-0.25, -0.2) is 0 Å². The summed E-state index contributed by atoms with van der Waals surface area (Å²) >= 11 is 0. The van der Waals surface area contributed by atoms with Gasteiger partial charge in [0.2, 0.25) is 0 Å². The third-order valence-electron chi connectivity index (χ3n) is 3.95. The highest BCUT2D eigenvalue weighted by atomic mass is 14.9. The van der Waals surface area contributed by atoms with Crippen molar-refractivity contribution in [1.29, 1.82) is 0 Å². The van der Waals surface area contributed by atoms with Crippen LogP contribution >= 0.6 is 0 Å². The number of aryl methyl sites for hydroxylation is 1. The van der Waals surface area contributed by atoms with Gasteiger partial charge in [-0.05, 0) is 44.2 Å². The summed E-state index contributed by atoms with van der Waals surface area (Å²) in [6.45, 7) is 2.15. The van der Waals surface area contributed by atoms with Crippen molar-refractivity contribution in [3.8, 4) is 0 Å². The molecule has 14 heavy (non-hydrogen) atoms. The van der Waals surface area contributed by atoms with E-state index in [0.29, 0.717) is 0 Å². The molecule has 0 amide bonds. The van der Waals surface area contributed by atoms with Crippen molar-refractivity contribution in [3.05, 3.63) is 29.6 Å². The molecule has 74 valence electrons. The normalized spacial score (nSPS) is 25.9. The first-order chi connectivity index (χ1) is 6.68. The third-order valence-corrected chi connectivity index (χ3v) is 3.95. The standard InChI is InChI=1S/C12H16N2/c1-9-3-2-8-14-10(9)11(4-5-11)12(13)6-7-12/h2-3,8H,4-7,13H2,1H3. The average molecular weight is 188 g/mol. The summed E-state index contributed by atoms with van der Waals surface area (Å²) in [5, 5.41) is 0. The molecular weight excluding hydrogens is 172 g/mol. The van der Waals surface area contributed by atoms with Crippen LogP contribution in [0.2, 0.25) is 0 Å². The first-order valence-corrected chi connectivity index (χ1v) is 5.39. The molecule has 2 heteroatoms. The molecule has 0 aliphatic heterocycles. The first-order valence-electron chi connectivity index (χ1n) is 5.39. The van der Waals surface area contributed by atoms with Gasteiger partial charge in [-0.3, -0.25) is 4.98 Å². The zero-order valence-electron chi connectivity index (χ0n) is 8.59. The Bertz CT molecular complexity index is 376. The SMILES string of the molecule is Cc1cccnc1C1(C2(N)CC2)CC1. The molecule has 2 nitrogen and oxygen atoms in total. The first kappa shape index (κ1) is 8.42. The maximum Gasteiger partial charge on any atom is 0.0512 e. The fourth-order valence-electron chi connectivity index (χ4n) is 2.70. The number of rotatable bonds is 2. The molecule has 2 N–H and O–H groups in total. The molecule has 2 aliphatic rings. The summed E-state index contributed by atoms with van der Waals surface area (Å²) in [5.41, 5.74) is 9.26. The Morgan fingerprint density at radius 2 is 2.00 bits per heavy atom. The molecule has 0 bridgehead atoms. The molecule has 0 saturated heterocycles. The monoisotopic (exact) mass is 188 g/mol. The molecule has 1 heterocycles. The lowest BCUT2D eigenvalue weighted by Gasteiger charge is -2.23. The summed E-state index contributed by atoms with van der Waals surface area (Å²) < 4.78 is 0. The molecule has 2 fully saturated rings. The van der Waals surface area contributed by atoms with E-state index in [2.05, 4.69) is 18.0 Å². The van der Waals surface area contributed by atoms with Crippen molar-refractivity contribution in [2.45, 2.75) is 43.6 Å². The second-order valence-corrected chi connectivity index (χ2v) is 4.91. The van der Waals surface area contributed by atoms with Crippen molar-refractivity contribution in [1.82, 2.24) is 4.98 Å². The van der Waals surface area contributed by atoms with Gasteiger partial charge in [0, 0.05) is 17.2 Å². The van der Waals surface area contributed by atoms with Crippen molar-refractivity contribution in [3.63, 3.8) is 0 Å². The minimum absolute atomic E-state index is 0.0894. The number of pyridine rings is 1. The van der Waals surface area contributed by atoms with Crippen molar-refractivity contribution in [2.24, 2.45) is 5.73 Å². The van der Waals surface area contributed by atoms with E-state index in [1.54, 1.807) is 0 Å². The average Bonchev–Trinajstić information content (AvgIpc) is 3.01. The maximum atomic E-state index is 6.35. The minimum Gasteiger partial charge on any atom is -0.324 e. The van der Waals surface area contributed by atoms with Gasteiger partial charge in [0.1, 0.15) is 0 Å². The van der Waals surface area contributed by atoms with Gasteiger partial charge in [0.05, 0.1) is 5.69 Å². The number of hydrogen-bond acceptors (Lipinski definition) is 2. The molecule has 0 radical (unpaired) electrons. The van der Waals surface area contributed by atoms with Gasteiger partial charge in [0.25, 0.3) is 0 Å². The van der Waals surface area contributed by atoms with E-state index in [9.17, 15) is 0 Å². The lowest BCUT2D eigenvalue weighted by Crippen LogP contribution is -2.38. The minimum atomic E-state index is 0.0894. The Hall–Kier alpha value is -0.890. The van der Waals surface area contributed by atoms with Crippen LogP contribution in [-0.4, -0.2) is 10.5 Å². The van der Waals surface area contributed by atoms with E-state index < -0.39 is 0 Å². The lowest BCUT2D eigenvalue weighted by molar-refractivity contribution is 0.488. The Balaban J connectivity index is 2.07. The quantitative estimate of drug-likeness (QED) is 0.770. The second kappa shape index (κ2) is 2.37. The fourth-order valence-corrected chi connectivity index (χ4v) is 2.70. The van der Waals surface area contributed by atoms with Crippen molar-refractivity contribution in [2.75, 3.05) is 0 Å². The van der Waals surface area contributed by atoms with E-state index in [0.717, 1.165) is 0 Å². The van der Waals surface area contributed by atoms with Crippen LogP contribution in [0.4, 0.5) is 0 Å². The number of nitrogens with two attached hydrogens (primary N) is 1. The largest absolute Gasteiger partial charge is 0.324 e. The zero-order valence-corrected chi connectivity index (χ0v) is 8.59. The Morgan fingerprint density at radius 1 is 1.29 bits per heavy atom. The Morgan fingerprint density at radius 3 is 2.50 bits per heavy atom. The molecule has 2 aliphatic carbocycles. The van der Waals surface area contributed by atoms with Crippen LogP contribution in [-0.2, 0) is 5.41 Å². The second-order valence-electron chi connectivity index (χ2n) is 4.91. The molecule has 1 aromatic heterocycles. The van der Waals surface area contributed by atoms with Gasteiger partial charge < -0.3 is 5.73 Å². The summed E-state index contributed by atoms with van der Waals surface area (Å²) in [6.07, 6.45) is 6.74. The number of nitrogens with zero attached hydrogens (tertiary/aromatic N) is 1. The van der Waals surface area contributed by atoms with Crippen LogP contribution in [0.1, 0.15) is 36.9 Å². The molecule has 0 spiro atoms. The molecule has 0 unspecified atom stereocenters. The van der Waals surface area contributed by atoms with Crippen LogP contribution in [0, 0.1) is 6.92 Å². The van der Waals surface area contributed by atoms with Gasteiger partial charge in [0.15, 0.2) is 0 Å². The lowest BCUT2D eigenvalue weighted by atomic mass is 9.88. The van der Waals surface area contributed by atoms with Crippen LogP contribution in [0.25, 0.3) is 0 Å². The topological polar surface area (TPSA) is 38.9 Å². The highest BCUT2D eigenvalue weighted by Crippen LogP contribution is 2.63. The van der Waals surface area contributed by atoms with E-state index in [1.807, 2.05) is 12.3 Å². The predicted molar refractivity (Wildman–Crippen MR) is 56.0 cm³/mol. The maximum absolute atomic E-state index is 6.35. The summed E-state index contributed by atoms with van der Waals surface area (Å²) in [7, 11) is 0.